The minimum Gasteiger partial charge on any atom is -0.392 e. The summed E-state index contributed by atoms with van der Waals surface area (Å²) in [5.74, 6) is -1.63. The van der Waals surface area contributed by atoms with Crippen LogP contribution in [0.25, 0.3) is 0 Å². The van der Waals surface area contributed by atoms with Crippen molar-refractivity contribution in [1.29, 1.82) is 0 Å². The van der Waals surface area contributed by atoms with Crippen LogP contribution < -0.4 is 5.32 Å². The van der Waals surface area contributed by atoms with Crippen LogP contribution in [0.5, 0.6) is 0 Å². The van der Waals surface area contributed by atoms with Gasteiger partial charge in [-0.1, -0.05) is 6.92 Å². The fraction of sp³-hybridized carbons (Fsp3) is 0.800. The Bertz CT molecular complexity index is 447. The molecule has 0 aromatic heterocycles. The van der Waals surface area contributed by atoms with E-state index in [1.54, 1.807) is 6.92 Å². The number of nitrogens with one attached hydrogen (secondary N) is 1. The van der Waals surface area contributed by atoms with E-state index in [1.165, 1.54) is 0 Å². The van der Waals surface area contributed by atoms with Gasteiger partial charge in [0.25, 0.3) is 10.1 Å². The van der Waals surface area contributed by atoms with Crippen molar-refractivity contribution in [2.45, 2.75) is 38.0 Å². The van der Waals surface area contributed by atoms with E-state index in [0.29, 0.717) is 6.42 Å². The van der Waals surface area contributed by atoms with E-state index in [9.17, 15) is 23.1 Å². The van der Waals surface area contributed by atoms with Crippen LogP contribution in [0.15, 0.2) is 0 Å². The first kappa shape index (κ1) is 16.0. The largest absolute Gasteiger partial charge is 0.392 e. The third-order valence-corrected chi connectivity index (χ3v) is 3.08. The Morgan fingerprint density at radius 3 is 2.58 bits per heavy atom. The molecule has 19 heavy (non-hydrogen) atoms. The van der Waals surface area contributed by atoms with Crippen molar-refractivity contribution in [3.05, 3.63) is 0 Å². The van der Waals surface area contributed by atoms with Crippen LogP contribution in [-0.2, 0) is 28.6 Å². The smallest absolute Gasteiger partial charge is 0.333 e. The molecule has 1 aliphatic rings. The second-order valence-electron chi connectivity index (χ2n) is 4.26. The maximum absolute atomic E-state index is 11.6. The molecule has 0 amide bonds. The zero-order chi connectivity index (χ0) is 14.6. The molecule has 110 valence electrons. The lowest BCUT2D eigenvalue weighted by molar-refractivity contribution is -0.162. The van der Waals surface area contributed by atoms with Gasteiger partial charge in [-0.25, -0.2) is 4.79 Å². The summed E-state index contributed by atoms with van der Waals surface area (Å²) in [6, 6.07) is -1.17. The molecule has 0 bridgehead atoms. The highest BCUT2D eigenvalue weighted by molar-refractivity contribution is 7.86. The predicted octanol–water partition coefficient (Wildman–Crippen LogP) is -1.47. The Labute approximate surface area is 111 Å². The highest BCUT2D eigenvalue weighted by Gasteiger charge is 2.42. The first-order valence-corrected chi connectivity index (χ1v) is 7.60. The second kappa shape index (κ2) is 6.42. The Morgan fingerprint density at radius 1 is 1.42 bits per heavy atom. The summed E-state index contributed by atoms with van der Waals surface area (Å²) in [5, 5.41) is 12.3. The van der Waals surface area contributed by atoms with Crippen molar-refractivity contribution >= 4 is 22.1 Å². The molecular formula is C10H17NO7S. The van der Waals surface area contributed by atoms with Gasteiger partial charge in [-0.3, -0.25) is 14.3 Å². The minimum absolute atomic E-state index is 0.0318. The van der Waals surface area contributed by atoms with Crippen LogP contribution in [0.4, 0.5) is 0 Å². The van der Waals surface area contributed by atoms with Crippen molar-refractivity contribution in [2.24, 2.45) is 0 Å². The first-order chi connectivity index (χ1) is 8.74. The lowest BCUT2D eigenvalue weighted by Gasteiger charge is -2.16. The molecule has 2 unspecified atom stereocenters. The summed E-state index contributed by atoms with van der Waals surface area (Å²) < 4.78 is 31.0. The van der Waals surface area contributed by atoms with Gasteiger partial charge in [0.15, 0.2) is 0 Å². The van der Waals surface area contributed by atoms with Crippen molar-refractivity contribution in [3.63, 3.8) is 0 Å². The van der Waals surface area contributed by atoms with Gasteiger partial charge in [0.1, 0.15) is 18.2 Å². The predicted molar refractivity (Wildman–Crippen MR) is 63.5 cm³/mol. The van der Waals surface area contributed by atoms with E-state index in [0.717, 1.165) is 6.26 Å². The number of rotatable bonds is 5. The van der Waals surface area contributed by atoms with Crippen LogP contribution in [0.3, 0.4) is 0 Å². The van der Waals surface area contributed by atoms with Crippen molar-refractivity contribution < 1.29 is 32.0 Å². The molecule has 1 fully saturated rings. The van der Waals surface area contributed by atoms with Gasteiger partial charge in [0, 0.05) is 13.0 Å². The molecular weight excluding hydrogens is 278 g/mol. The van der Waals surface area contributed by atoms with Gasteiger partial charge < -0.3 is 9.84 Å². The highest BCUT2D eigenvalue weighted by atomic mass is 32.2. The van der Waals surface area contributed by atoms with Crippen LogP contribution in [0, 0.1) is 0 Å². The van der Waals surface area contributed by atoms with Gasteiger partial charge in [0.05, 0.1) is 6.26 Å². The van der Waals surface area contributed by atoms with Gasteiger partial charge >= 0.3 is 11.9 Å². The molecule has 0 aliphatic carbocycles. The molecule has 2 N–H and O–H groups in total. The second-order valence-corrected chi connectivity index (χ2v) is 5.86. The number of aliphatic hydroxyl groups excluding tert-OH is 1. The topological polar surface area (TPSA) is 119 Å². The quantitative estimate of drug-likeness (QED) is 0.358. The number of hydrogen-bond donors (Lipinski definition) is 2. The van der Waals surface area contributed by atoms with E-state index in [2.05, 4.69) is 14.2 Å². The van der Waals surface area contributed by atoms with Gasteiger partial charge in [0.2, 0.25) is 0 Å². The van der Waals surface area contributed by atoms with Crippen molar-refractivity contribution in [2.75, 3.05) is 12.8 Å². The standard InChI is InChI=1S/C10H17NO7S/c1-3-4-7(12)17-10(14)8-9(13)6(5-11-8)18-19(2,15)16/h6,8-9,11,13H,3-5H2,1-2H3/t6?,8-,9?/m0/s1. The Kier molecular flexibility index (Phi) is 5.41. The average Bonchev–Trinajstić information content (AvgIpc) is 2.58. The molecule has 0 spiro atoms. The van der Waals surface area contributed by atoms with E-state index in [4.69, 9.17) is 0 Å². The van der Waals surface area contributed by atoms with Crippen LogP contribution in [0.1, 0.15) is 19.8 Å². The fourth-order valence-corrected chi connectivity index (χ4v) is 2.30. The Hall–Kier alpha value is -1.03. The van der Waals surface area contributed by atoms with Gasteiger partial charge in [-0.05, 0) is 6.42 Å². The lowest BCUT2D eigenvalue weighted by Crippen LogP contribution is -2.42. The normalized spacial score (nSPS) is 27.2. The van der Waals surface area contributed by atoms with E-state index < -0.39 is 40.3 Å². The summed E-state index contributed by atoms with van der Waals surface area (Å²) in [6.07, 6.45) is -0.994. The van der Waals surface area contributed by atoms with Crippen LogP contribution in [-0.4, -0.2) is 56.5 Å². The zero-order valence-corrected chi connectivity index (χ0v) is 11.5. The molecule has 1 aliphatic heterocycles. The first-order valence-electron chi connectivity index (χ1n) is 5.79. The molecule has 9 heteroatoms. The molecule has 0 radical (unpaired) electrons. The number of hydrogen-bond acceptors (Lipinski definition) is 8. The van der Waals surface area contributed by atoms with Crippen LogP contribution >= 0.6 is 0 Å². The monoisotopic (exact) mass is 295 g/mol. The summed E-state index contributed by atoms with van der Waals surface area (Å²) in [6.45, 7) is 1.72. The number of carbonyl (C=O) groups excluding carboxylic acids is 2. The Balaban J connectivity index is 2.57. The zero-order valence-electron chi connectivity index (χ0n) is 10.7. The minimum atomic E-state index is -3.74. The van der Waals surface area contributed by atoms with E-state index >= 15 is 0 Å². The molecule has 1 heterocycles. The van der Waals surface area contributed by atoms with Gasteiger partial charge in [-0.15, -0.1) is 0 Å². The summed E-state index contributed by atoms with van der Waals surface area (Å²) in [4.78, 5) is 22.7. The van der Waals surface area contributed by atoms with Crippen molar-refractivity contribution in [1.82, 2.24) is 5.32 Å². The molecule has 0 aromatic rings. The van der Waals surface area contributed by atoms with E-state index in [-0.39, 0.29) is 13.0 Å². The molecule has 8 nitrogen and oxygen atoms in total. The third kappa shape index (κ3) is 4.86. The average molecular weight is 295 g/mol. The molecule has 3 atom stereocenters. The van der Waals surface area contributed by atoms with Crippen LogP contribution in [0.2, 0.25) is 0 Å². The van der Waals surface area contributed by atoms with Gasteiger partial charge in [-0.2, -0.15) is 8.42 Å². The third-order valence-electron chi connectivity index (χ3n) is 2.48. The number of aliphatic hydroxyl groups is 1. The molecule has 1 saturated heterocycles. The summed E-state index contributed by atoms with van der Waals surface area (Å²) >= 11 is 0. The maximum Gasteiger partial charge on any atom is 0.333 e. The SMILES string of the molecule is CCCC(=O)OC(=O)[C@H]1NCC(OS(C)(=O)=O)C1O. The highest BCUT2D eigenvalue weighted by Crippen LogP contribution is 2.15. The number of carbonyl (C=O) groups is 2. The number of ether oxygens (including phenoxy) is 1. The van der Waals surface area contributed by atoms with Crippen molar-refractivity contribution in [3.8, 4) is 0 Å². The number of esters is 2. The maximum atomic E-state index is 11.6. The van der Waals surface area contributed by atoms with E-state index in [1.807, 2.05) is 0 Å². The Morgan fingerprint density at radius 2 is 2.05 bits per heavy atom. The molecule has 1 rings (SSSR count). The fourth-order valence-electron chi connectivity index (χ4n) is 1.67. The lowest BCUT2D eigenvalue weighted by atomic mass is 10.1. The molecule has 0 saturated carbocycles. The summed E-state index contributed by atoms with van der Waals surface area (Å²) in [7, 11) is -3.74. The summed E-state index contributed by atoms with van der Waals surface area (Å²) in [5.41, 5.74) is 0. The molecule has 0 aromatic carbocycles.